The van der Waals surface area contributed by atoms with E-state index in [0.29, 0.717) is 10.8 Å². The van der Waals surface area contributed by atoms with Crippen molar-refractivity contribution in [3.63, 3.8) is 0 Å². The summed E-state index contributed by atoms with van der Waals surface area (Å²) in [7, 11) is 2.73. The van der Waals surface area contributed by atoms with Crippen molar-refractivity contribution >= 4 is 98.1 Å². The van der Waals surface area contributed by atoms with E-state index in [1.165, 1.54) is 14.2 Å². The molecule has 0 amide bonds. The Morgan fingerprint density at radius 2 is 0.674 bits per heavy atom. The largest absolute Gasteiger partial charge is 0.465 e. The third-order valence-electron chi connectivity index (χ3n) is 9.61. The average molecular weight is 595 g/mol. The number of benzene rings is 9. The van der Waals surface area contributed by atoms with Gasteiger partial charge in [-0.2, -0.15) is 0 Å². The molecule has 0 radical (unpaired) electrons. The highest BCUT2D eigenvalue weighted by atomic mass is 16.5. The van der Waals surface area contributed by atoms with Crippen molar-refractivity contribution in [2.24, 2.45) is 0 Å². The molecule has 9 rings (SSSR count). The topological polar surface area (TPSA) is 52.6 Å². The first-order valence-electron chi connectivity index (χ1n) is 15.3. The fourth-order valence-corrected chi connectivity index (χ4v) is 7.80. The van der Waals surface area contributed by atoms with Crippen molar-refractivity contribution in [1.82, 2.24) is 0 Å². The smallest absolute Gasteiger partial charge is 0.339 e. The third-order valence-corrected chi connectivity index (χ3v) is 9.61. The number of carbonyl (C=O) groups excluding carboxylic acids is 2. The van der Waals surface area contributed by atoms with Gasteiger partial charge in [0.1, 0.15) is 0 Å². The molecule has 0 spiro atoms. The van der Waals surface area contributed by atoms with Gasteiger partial charge in [-0.1, -0.05) is 121 Å². The fourth-order valence-electron chi connectivity index (χ4n) is 7.80. The van der Waals surface area contributed by atoms with Crippen molar-refractivity contribution in [3.05, 3.63) is 132 Å². The summed E-state index contributed by atoms with van der Waals surface area (Å²) in [4.78, 5) is 28.3. The number of hydrogen-bond acceptors (Lipinski definition) is 4. The fraction of sp³-hybridized carbons (Fsp3) is 0.0476. The van der Waals surface area contributed by atoms with Crippen LogP contribution in [0.5, 0.6) is 0 Å². The molecule has 46 heavy (non-hydrogen) atoms. The van der Waals surface area contributed by atoms with Gasteiger partial charge in [0.25, 0.3) is 0 Å². The molecular weight excluding hydrogens is 568 g/mol. The number of methoxy groups -OCH3 is 2. The van der Waals surface area contributed by atoms with Crippen molar-refractivity contribution in [2.45, 2.75) is 0 Å². The standard InChI is InChI=1S/C42H26O4/c1-45-41(43)39-35-29-17-9-7-15-27(29)31-21-19-23-11-3-5-13-25(23)33(31)37(35)38-34-26-14-6-4-12-24(26)20-22-32(34)28-16-8-10-18-30(28)36(38)40(39)42(44)46-2/h3-22H,1-2H3. The zero-order chi connectivity index (χ0) is 31.1. The molecular formula is C42H26O4. The van der Waals surface area contributed by atoms with Crippen LogP contribution in [0.15, 0.2) is 121 Å². The molecule has 0 heterocycles. The highest BCUT2D eigenvalue weighted by Gasteiger charge is 2.31. The van der Waals surface area contributed by atoms with E-state index in [2.05, 4.69) is 72.8 Å². The molecule has 9 aromatic carbocycles. The normalized spacial score (nSPS) is 11.9. The Kier molecular flexibility index (Phi) is 5.60. The molecule has 0 saturated carbocycles. The molecule has 0 bridgehead atoms. The summed E-state index contributed by atoms with van der Waals surface area (Å²) in [6.07, 6.45) is 0. The molecule has 218 valence electrons. The molecule has 0 aliphatic rings. The van der Waals surface area contributed by atoms with E-state index in [9.17, 15) is 9.59 Å². The number of ether oxygens (including phenoxy) is 2. The van der Waals surface area contributed by atoms with E-state index < -0.39 is 11.9 Å². The molecule has 0 fully saturated rings. The summed E-state index contributed by atoms with van der Waals surface area (Å²) in [5.41, 5.74) is 0.431. The molecule has 0 aromatic heterocycles. The van der Waals surface area contributed by atoms with Crippen LogP contribution in [0.2, 0.25) is 0 Å². The van der Waals surface area contributed by atoms with Gasteiger partial charge in [0.05, 0.1) is 25.3 Å². The maximum atomic E-state index is 14.1. The van der Waals surface area contributed by atoms with Crippen LogP contribution in [0.3, 0.4) is 0 Å². The van der Waals surface area contributed by atoms with Crippen molar-refractivity contribution in [1.29, 1.82) is 0 Å². The van der Waals surface area contributed by atoms with Crippen LogP contribution in [0.4, 0.5) is 0 Å². The maximum absolute atomic E-state index is 14.1. The Hall–Kier alpha value is -6.00. The van der Waals surface area contributed by atoms with Gasteiger partial charge in [0, 0.05) is 21.5 Å². The predicted octanol–water partition coefficient (Wildman–Crippen LogP) is 10.5. The molecule has 0 unspecified atom stereocenters. The van der Waals surface area contributed by atoms with E-state index in [1.54, 1.807) is 0 Å². The molecule has 0 aliphatic heterocycles. The Balaban J connectivity index is 1.82. The van der Waals surface area contributed by atoms with Crippen molar-refractivity contribution in [2.75, 3.05) is 14.2 Å². The average Bonchev–Trinajstić information content (AvgIpc) is 3.12. The zero-order valence-corrected chi connectivity index (χ0v) is 25.2. The summed E-state index contributed by atoms with van der Waals surface area (Å²) in [6.45, 7) is 0. The maximum Gasteiger partial charge on any atom is 0.339 e. The first kappa shape index (κ1) is 26.4. The Labute approximate surface area is 263 Å². The van der Waals surface area contributed by atoms with Gasteiger partial charge in [0.2, 0.25) is 0 Å². The quantitative estimate of drug-likeness (QED) is 0.148. The van der Waals surface area contributed by atoms with E-state index in [-0.39, 0.29) is 11.1 Å². The Morgan fingerprint density at radius 3 is 1.07 bits per heavy atom. The van der Waals surface area contributed by atoms with Crippen LogP contribution in [-0.2, 0) is 9.47 Å². The lowest BCUT2D eigenvalue weighted by atomic mass is 9.80. The SMILES string of the molecule is COC(=O)c1c(C(=O)OC)c2c3ccccc3c3ccc4ccccc4c3c2c2c1c1ccccc1c1ccc3ccccc3c12. The number of carbonyl (C=O) groups is 2. The first-order valence-corrected chi connectivity index (χ1v) is 15.3. The predicted molar refractivity (Wildman–Crippen MR) is 189 cm³/mol. The van der Waals surface area contributed by atoms with E-state index in [0.717, 1.165) is 75.4 Å². The first-order chi connectivity index (χ1) is 22.6. The second-order valence-corrected chi connectivity index (χ2v) is 11.7. The van der Waals surface area contributed by atoms with Gasteiger partial charge >= 0.3 is 11.9 Å². The number of fused-ring (bicyclic) bond motifs is 17. The third kappa shape index (κ3) is 3.38. The second-order valence-electron chi connectivity index (χ2n) is 11.7. The lowest BCUT2D eigenvalue weighted by molar-refractivity contribution is 0.0559. The number of rotatable bonds is 2. The lowest BCUT2D eigenvalue weighted by Crippen LogP contribution is -2.14. The molecule has 0 saturated heterocycles. The van der Waals surface area contributed by atoms with Gasteiger partial charge in [0.15, 0.2) is 0 Å². The minimum absolute atomic E-state index is 0.215. The number of hydrogen-bond donors (Lipinski definition) is 0. The van der Waals surface area contributed by atoms with Gasteiger partial charge in [-0.05, 0) is 64.6 Å². The van der Waals surface area contributed by atoms with E-state index in [1.807, 2.05) is 48.5 Å². The minimum Gasteiger partial charge on any atom is -0.465 e. The van der Waals surface area contributed by atoms with Gasteiger partial charge in [-0.3, -0.25) is 0 Å². The summed E-state index contributed by atoms with van der Waals surface area (Å²) < 4.78 is 11.0. The summed E-state index contributed by atoms with van der Waals surface area (Å²) in [6, 6.07) is 41.6. The molecule has 9 aromatic rings. The number of esters is 2. The minimum atomic E-state index is -0.584. The molecule has 0 N–H and O–H groups in total. The van der Waals surface area contributed by atoms with Crippen LogP contribution >= 0.6 is 0 Å². The summed E-state index contributed by atoms with van der Waals surface area (Å²) in [5.74, 6) is -1.17. The van der Waals surface area contributed by atoms with E-state index in [4.69, 9.17) is 9.47 Å². The molecule has 4 heteroatoms. The van der Waals surface area contributed by atoms with Crippen LogP contribution in [-0.4, -0.2) is 26.2 Å². The van der Waals surface area contributed by atoms with Gasteiger partial charge < -0.3 is 9.47 Å². The molecule has 4 nitrogen and oxygen atoms in total. The second kappa shape index (κ2) is 9.75. The van der Waals surface area contributed by atoms with Crippen molar-refractivity contribution in [3.8, 4) is 0 Å². The Bertz CT molecular complexity index is 2620. The van der Waals surface area contributed by atoms with Crippen LogP contribution in [0, 0.1) is 0 Å². The van der Waals surface area contributed by atoms with Crippen LogP contribution < -0.4 is 0 Å². The summed E-state index contributed by atoms with van der Waals surface area (Å²) in [5, 5.41) is 15.5. The molecule has 0 aliphatic carbocycles. The zero-order valence-electron chi connectivity index (χ0n) is 25.2. The van der Waals surface area contributed by atoms with Crippen molar-refractivity contribution < 1.29 is 19.1 Å². The Morgan fingerprint density at radius 1 is 0.348 bits per heavy atom. The van der Waals surface area contributed by atoms with Crippen LogP contribution in [0.25, 0.3) is 86.2 Å². The monoisotopic (exact) mass is 594 g/mol. The van der Waals surface area contributed by atoms with Gasteiger partial charge in [-0.25, -0.2) is 9.59 Å². The highest BCUT2D eigenvalue weighted by Crippen LogP contribution is 2.50. The lowest BCUT2D eigenvalue weighted by Gasteiger charge is -2.23. The molecule has 0 atom stereocenters. The highest BCUT2D eigenvalue weighted by molar-refractivity contribution is 6.48. The summed E-state index contributed by atoms with van der Waals surface area (Å²) >= 11 is 0. The van der Waals surface area contributed by atoms with Gasteiger partial charge in [-0.15, -0.1) is 0 Å². The van der Waals surface area contributed by atoms with E-state index >= 15 is 0 Å². The van der Waals surface area contributed by atoms with Crippen LogP contribution in [0.1, 0.15) is 20.7 Å².